The lowest BCUT2D eigenvalue weighted by Crippen LogP contribution is -2.46. The number of hydrazone groups is 1. The van der Waals surface area contributed by atoms with Gasteiger partial charge < -0.3 is 21.2 Å². The van der Waals surface area contributed by atoms with Gasteiger partial charge in [-0.3, -0.25) is 4.90 Å². The third-order valence-electron chi connectivity index (χ3n) is 5.75. The number of nitrogens with zero attached hydrogens (tertiary/aromatic N) is 2. The normalized spacial score (nSPS) is 24.6. The molecule has 0 amide bonds. The maximum atomic E-state index is 14.5. The molecule has 1 saturated heterocycles. The van der Waals surface area contributed by atoms with Crippen LogP contribution in [-0.2, 0) is 0 Å². The molecule has 0 aromatic carbocycles. The fourth-order valence-electron chi connectivity index (χ4n) is 3.93. The zero-order valence-corrected chi connectivity index (χ0v) is 17.4. The molecule has 1 aliphatic carbocycles. The van der Waals surface area contributed by atoms with E-state index in [2.05, 4.69) is 33.0 Å². The van der Waals surface area contributed by atoms with Crippen LogP contribution in [0.4, 0.5) is 4.39 Å². The van der Waals surface area contributed by atoms with Crippen LogP contribution in [0.25, 0.3) is 0 Å². The van der Waals surface area contributed by atoms with Gasteiger partial charge in [0.05, 0.1) is 5.71 Å². The summed E-state index contributed by atoms with van der Waals surface area (Å²) in [5.41, 5.74) is 2.86. The summed E-state index contributed by atoms with van der Waals surface area (Å²) in [6.45, 7) is 7.97. The van der Waals surface area contributed by atoms with E-state index >= 15 is 0 Å². The number of allylic oxidation sites excluding steroid dienone is 2. The van der Waals surface area contributed by atoms with Crippen molar-refractivity contribution in [2.45, 2.75) is 58.0 Å². The summed E-state index contributed by atoms with van der Waals surface area (Å²) >= 11 is 0. The lowest BCUT2D eigenvalue weighted by atomic mass is 9.95. The van der Waals surface area contributed by atoms with E-state index in [1.165, 1.54) is 12.8 Å². The van der Waals surface area contributed by atoms with E-state index < -0.39 is 5.83 Å². The third kappa shape index (κ3) is 6.73. The molecular weight excluding hydrogens is 345 g/mol. The number of likely N-dealkylation sites (tertiary alicyclic amines) is 1. The number of aliphatic hydroxyl groups excluding tert-OH is 1. The highest BCUT2D eigenvalue weighted by Crippen LogP contribution is 2.29. The highest BCUT2D eigenvalue weighted by atomic mass is 19.1. The molecule has 0 aromatic rings. The van der Waals surface area contributed by atoms with Gasteiger partial charge in [0.1, 0.15) is 5.76 Å². The Balaban J connectivity index is 1.95. The van der Waals surface area contributed by atoms with Crippen LogP contribution in [-0.4, -0.2) is 68.1 Å². The molecule has 3 atom stereocenters. The van der Waals surface area contributed by atoms with Crippen molar-refractivity contribution in [3.8, 4) is 0 Å². The standard InChI is InChI=1S/C20H38FN5O/c1-5-17(25-23-4)20(21)19(27)10-14(2)18(12-22-3)26-9-8-16(13-26)24-11-15-6-7-15/h14-16,18,22-24,27H,5-13H2,1-4H3/b20-19-,25-17+/t14-,16+,18?/m0/s1. The zero-order chi connectivity index (χ0) is 19.8. The fraction of sp³-hybridized carbons (Fsp3) is 0.850. The minimum Gasteiger partial charge on any atom is -0.509 e. The van der Waals surface area contributed by atoms with Crippen LogP contribution in [0.2, 0.25) is 0 Å². The molecule has 27 heavy (non-hydrogen) atoms. The second kappa shape index (κ2) is 11.0. The second-order valence-corrected chi connectivity index (χ2v) is 8.03. The highest BCUT2D eigenvalue weighted by Gasteiger charge is 2.32. The zero-order valence-electron chi connectivity index (χ0n) is 17.4. The first-order valence-corrected chi connectivity index (χ1v) is 10.4. The minimum atomic E-state index is -0.590. The van der Waals surface area contributed by atoms with Gasteiger partial charge >= 0.3 is 0 Å². The summed E-state index contributed by atoms with van der Waals surface area (Å²) in [5.74, 6) is 0.246. The Hall–Kier alpha value is -1.18. The predicted octanol–water partition coefficient (Wildman–Crippen LogP) is 2.40. The smallest absolute Gasteiger partial charge is 0.183 e. The molecule has 1 heterocycles. The van der Waals surface area contributed by atoms with Crippen molar-refractivity contribution < 1.29 is 9.50 Å². The van der Waals surface area contributed by atoms with Gasteiger partial charge in [-0.15, -0.1) is 0 Å². The van der Waals surface area contributed by atoms with Crippen LogP contribution in [0.15, 0.2) is 16.7 Å². The Morgan fingerprint density at radius 3 is 2.63 bits per heavy atom. The number of hydrogen-bond acceptors (Lipinski definition) is 6. The molecule has 156 valence electrons. The first-order valence-electron chi connectivity index (χ1n) is 10.4. The highest BCUT2D eigenvalue weighted by molar-refractivity contribution is 5.98. The van der Waals surface area contributed by atoms with Crippen molar-refractivity contribution in [2.75, 3.05) is 40.3 Å². The first-order chi connectivity index (χ1) is 13.0. The molecule has 6 nitrogen and oxygen atoms in total. The Morgan fingerprint density at radius 2 is 2.04 bits per heavy atom. The van der Waals surface area contributed by atoms with Crippen LogP contribution >= 0.6 is 0 Å². The van der Waals surface area contributed by atoms with E-state index in [1.807, 2.05) is 14.0 Å². The van der Waals surface area contributed by atoms with Crippen LogP contribution < -0.4 is 16.1 Å². The largest absolute Gasteiger partial charge is 0.509 e. The van der Waals surface area contributed by atoms with Crippen molar-refractivity contribution in [1.29, 1.82) is 0 Å². The van der Waals surface area contributed by atoms with E-state index in [4.69, 9.17) is 0 Å². The number of rotatable bonds is 12. The van der Waals surface area contributed by atoms with Gasteiger partial charge in [-0.25, -0.2) is 4.39 Å². The molecule has 1 unspecified atom stereocenters. The second-order valence-electron chi connectivity index (χ2n) is 8.03. The Kier molecular flexibility index (Phi) is 8.99. The van der Waals surface area contributed by atoms with Crippen LogP contribution in [0, 0.1) is 11.8 Å². The van der Waals surface area contributed by atoms with Gasteiger partial charge in [-0.2, -0.15) is 5.10 Å². The quantitative estimate of drug-likeness (QED) is 0.237. The van der Waals surface area contributed by atoms with Gasteiger partial charge in [-0.05, 0) is 51.1 Å². The molecule has 1 saturated carbocycles. The van der Waals surface area contributed by atoms with Gasteiger partial charge in [0, 0.05) is 45.2 Å². The number of aliphatic hydroxyl groups is 1. The van der Waals surface area contributed by atoms with Crippen molar-refractivity contribution in [2.24, 2.45) is 16.9 Å². The molecule has 1 aliphatic heterocycles. The Morgan fingerprint density at radius 1 is 1.30 bits per heavy atom. The van der Waals surface area contributed by atoms with E-state index in [0.717, 1.165) is 38.5 Å². The van der Waals surface area contributed by atoms with Crippen molar-refractivity contribution in [1.82, 2.24) is 21.0 Å². The minimum absolute atomic E-state index is 0.137. The molecule has 7 heteroatoms. The SMILES string of the molecule is CCC(=N\NC)/C(F)=C(/O)C[C@H](C)C(CNC)N1CC[C@@H](NCC2CC2)C1. The number of hydrogen-bond donors (Lipinski definition) is 4. The van der Waals surface area contributed by atoms with Crippen molar-refractivity contribution in [3.63, 3.8) is 0 Å². The van der Waals surface area contributed by atoms with Crippen LogP contribution in [0.5, 0.6) is 0 Å². The van der Waals surface area contributed by atoms with Crippen LogP contribution in [0.1, 0.15) is 46.0 Å². The summed E-state index contributed by atoms with van der Waals surface area (Å²) < 4.78 is 14.5. The van der Waals surface area contributed by atoms with Crippen molar-refractivity contribution in [3.05, 3.63) is 11.6 Å². The number of nitrogens with one attached hydrogen (secondary N) is 3. The maximum Gasteiger partial charge on any atom is 0.183 e. The third-order valence-corrected chi connectivity index (χ3v) is 5.75. The van der Waals surface area contributed by atoms with E-state index in [1.54, 1.807) is 7.05 Å². The summed E-state index contributed by atoms with van der Waals surface area (Å²) in [4.78, 5) is 2.49. The molecular formula is C20H38FN5O. The van der Waals surface area contributed by atoms with E-state index in [0.29, 0.717) is 18.9 Å². The van der Waals surface area contributed by atoms with E-state index in [-0.39, 0.29) is 23.4 Å². The molecule has 2 fully saturated rings. The molecule has 0 aromatic heterocycles. The molecule has 0 spiro atoms. The Bertz CT molecular complexity index is 521. The van der Waals surface area contributed by atoms with Gasteiger partial charge in [0.25, 0.3) is 0 Å². The topological polar surface area (TPSA) is 71.9 Å². The van der Waals surface area contributed by atoms with Gasteiger partial charge in [0.2, 0.25) is 0 Å². The summed E-state index contributed by atoms with van der Waals surface area (Å²) in [7, 11) is 3.58. The lowest BCUT2D eigenvalue weighted by Gasteiger charge is -2.33. The summed E-state index contributed by atoms with van der Waals surface area (Å²) in [6.07, 6.45) is 4.65. The van der Waals surface area contributed by atoms with Crippen LogP contribution in [0.3, 0.4) is 0 Å². The average Bonchev–Trinajstić information content (AvgIpc) is 3.38. The Labute approximate surface area is 163 Å². The molecule has 0 radical (unpaired) electrons. The van der Waals surface area contributed by atoms with Crippen molar-refractivity contribution >= 4 is 5.71 Å². The van der Waals surface area contributed by atoms with Gasteiger partial charge in [0.15, 0.2) is 5.83 Å². The molecule has 2 rings (SSSR count). The lowest BCUT2D eigenvalue weighted by molar-refractivity contribution is 0.165. The average molecular weight is 384 g/mol. The first kappa shape index (κ1) is 22.1. The monoisotopic (exact) mass is 383 g/mol. The predicted molar refractivity (Wildman–Crippen MR) is 110 cm³/mol. The molecule has 2 aliphatic rings. The van der Waals surface area contributed by atoms with E-state index in [9.17, 15) is 9.50 Å². The molecule has 0 bridgehead atoms. The maximum absolute atomic E-state index is 14.5. The number of likely N-dealkylation sites (N-methyl/N-ethyl adjacent to an activating group) is 1. The summed E-state index contributed by atoms with van der Waals surface area (Å²) in [6, 6.07) is 0.816. The number of halogens is 1. The van der Waals surface area contributed by atoms with Gasteiger partial charge in [-0.1, -0.05) is 13.8 Å². The molecule has 4 N–H and O–H groups in total. The summed E-state index contributed by atoms with van der Waals surface area (Å²) in [5, 5.41) is 21.2. The fourth-order valence-corrected chi connectivity index (χ4v) is 3.93.